The predicted molar refractivity (Wildman–Crippen MR) is 71.8 cm³/mol. The van der Waals surface area contributed by atoms with Gasteiger partial charge in [0, 0.05) is 0 Å². The van der Waals surface area contributed by atoms with E-state index >= 15 is 0 Å². The Kier molecular flexibility index (Phi) is 3.52. The van der Waals surface area contributed by atoms with Gasteiger partial charge in [0.2, 0.25) is 10.0 Å². The third kappa shape index (κ3) is 2.70. The molecule has 0 radical (unpaired) electrons. The van der Waals surface area contributed by atoms with Gasteiger partial charge in [0.1, 0.15) is 15.6 Å². The summed E-state index contributed by atoms with van der Waals surface area (Å²) in [6, 6.07) is 2.01. The number of halogens is 2. The standard InChI is InChI=1S/C8H7Cl2N3O4S2/c9-3-8-12-5-1-4(10)6(18(11,14)15)2-7(5)19(16,17)13-8/h1-2H,3H2,(H,12,13)(H2,11,14,15). The number of primary sulfonamides is 1. The summed E-state index contributed by atoms with van der Waals surface area (Å²) in [5, 5.41) is 7.39. The van der Waals surface area contributed by atoms with Crippen molar-refractivity contribution in [3.05, 3.63) is 17.2 Å². The highest BCUT2D eigenvalue weighted by atomic mass is 35.5. The number of nitrogens with one attached hydrogen (secondary N) is 1. The smallest absolute Gasteiger partial charge is 0.286 e. The molecule has 0 saturated heterocycles. The second-order valence-corrected chi connectivity index (χ2v) is 7.37. The van der Waals surface area contributed by atoms with Gasteiger partial charge in [-0.2, -0.15) is 8.42 Å². The number of nitrogens with zero attached hydrogens (tertiary/aromatic N) is 1. The number of nitrogens with two attached hydrogens (primary N) is 1. The van der Waals surface area contributed by atoms with Crippen LogP contribution in [0.5, 0.6) is 0 Å². The lowest BCUT2D eigenvalue weighted by molar-refractivity contribution is 0.596. The highest BCUT2D eigenvalue weighted by Gasteiger charge is 2.28. The Labute approximate surface area is 119 Å². The second kappa shape index (κ2) is 4.60. The van der Waals surface area contributed by atoms with E-state index in [1.54, 1.807) is 0 Å². The number of benzene rings is 1. The molecule has 2 rings (SSSR count). The second-order valence-electron chi connectivity index (χ2n) is 3.60. The van der Waals surface area contributed by atoms with E-state index in [4.69, 9.17) is 28.3 Å². The number of rotatable bonds is 2. The summed E-state index contributed by atoms with van der Waals surface area (Å²) >= 11 is 11.3. The van der Waals surface area contributed by atoms with Crippen molar-refractivity contribution in [2.75, 3.05) is 11.2 Å². The first kappa shape index (κ1) is 14.5. The lowest BCUT2D eigenvalue weighted by atomic mass is 10.3. The van der Waals surface area contributed by atoms with Crippen LogP contribution in [0.3, 0.4) is 0 Å². The molecule has 104 valence electrons. The molecule has 1 aromatic rings. The third-order valence-electron chi connectivity index (χ3n) is 2.25. The molecule has 0 amide bonds. The van der Waals surface area contributed by atoms with Crippen LogP contribution in [-0.4, -0.2) is 28.6 Å². The maximum Gasteiger partial charge on any atom is 0.286 e. The third-order valence-corrected chi connectivity index (χ3v) is 5.24. The van der Waals surface area contributed by atoms with E-state index < -0.39 is 24.9 Å². The summed E-state index contributed by atoms with van der Waals surface area (Å²) in [6.45, 7) is 0. The lowest BCUT2D eigenvalue weighted by Gasteiger charge is -2.18. The highest BCUT2D eigenvalue weighted by molar-refractivity contribution is 7.91. The highest BCUT2D eigenvalue weighted by Crippen LogP contribution is 2.34. The number of amidine groups is 1. The molecular formula is C8H7Cl2N3O4S2. The number of hydrogen-bond donors (Lipinski definition) is 2. The molecule has 0 spiro atoms. The number of hydrogen-bond acceptors (Lipinski definition) is 5. The Hall–Kier alpha value is -0.870. The first-order chi connectivity index (χ1) is 8.65. The van der Waals surface area contributed by atoms with E-state index in [2.05, 4.69) is 9.71 Å². The maximum absolute atomic E-state index is 11.9. The van der Waals surface area contributed by atoms with E-state index in [1.807, 2.05) is 0 Å². The van der Waals surface area contributed by atoms with Crippen LogP contribution in [0.1, 0.15) is 0 Å². The molecule has 3 N–H and O–H groups in total. The lowest BCUT2D eigenvalue weighted by Crippen LogP contribution is -2.23. The van der Waals surface area contributed by atoms with Crippen molar-refractivity contribution in [1.82, 2.24) is 0 Å². The monoisotopic (exact) mass is 343 g/mol. The van der Waals surface area contributed by atoms with Crippen molar-refractivity contribution in [3.8, 4) is 0 Å². The SMILES string of the molecule is NS(=O)(=O)c1cc2c(cc1Cl)NC(CCl)=NS2(=O)=O. The molecule has 7 nitrogen and oxygen atoms in total. The molecule has 0 aliphatic carbocycles. The fraction of sp³-hybridized carbons (Fsp3) is 0.125. The van der Waals surface area contributed by atoms with Crippen LogP contribution in [0, 0.1) is 0 Å². The summed E-state index contributed by atoms with van der Waals surface area (Å²) in [6.07, 6.45) is 0. The zero-order chi connectivity index (χ0) is 14.4. The van der Waals surface area contributed by atoms with Crippen molar-refractivity contribution in [2.24, 2.45) is 9.54 Å². The first-order valence-electron chi connectivity index (χ1n) is 4.68. The largest absolute Gasteiger partial charge is 0.341 e. The van der Waals surface area contributed by atoms with E-state index in [0.29, 0.717) is 0 Å². The van der Waals surface area contributed by atoms with Crippen molar-refractivity contribution in [2.45, 2.75) is 9.79 Å². The fourth-order valence-corrected chi connectivity index (χ4v) is 4.02. The summed E-state index contributed by atoms with van der Waals surface area (Å²) < 4.78 is 49.7. The van der Waals surface area contributed by atoms with E-state index in [0.717, 1.165) is 12.1 Å². The normalized spacial score (nSPS) is 17.3. The Balaban J connectivity index is 2.76. The molecule has 0 fully saturated rings. The van der Waals surface area contributed by atoms with Gasteiger partial charge in [-0.3, -0.25) is 0 Å². The van der Waals surface area contributed by atoms with Crippen LogP contribution in [0.25, 0.3) is 0 Å². The summed E-state index contributed by atoms with van der Waals surface area (Å²) in [7, 11) is -8.18. The molecule has 0 aromatic heterocycles. The zero-order valence-electron chi connectivity index (χ0n) is 9.09. The Morgan fingerprint density at radius 2 is 2.00 bits per heavy atom. The van der Waals surface area contributed by atoms with E-state index in [1.165, 1.54) is 0 Å². The molecular weight excluding hydrogens is 337 g/mol. The van der Waals surface area contributed by atoms with Gasteiger partial charge < -0.3 is 5.32 Å². The average molecular weight is 344 g/mol. The summed E-state index contributed by atoms with van der Waals surface area (Å²) in [4.78, 5) is -0.808. The van der Waals surface area contributed by atoms with Crippen LogP contribution in [0.15, 0.2) is 26.3 Å². The Bertz CT molecular complexity index is 786. The van der Waals surface area contributed by atoms with Gasteiger partial charge in [-0.25, -0.2) is 13.6 Å². The summed E-state index contributed by atoms with van der Waals surface area (Å²) in [5.74, 6) is -0.124. The molecule has 0 bridgehead atoms. The van der Waals surface area contributed by atoms with Crippen LogP contribution in [0.2, 0.25) is 5.02 Å². The first-order valence-corrected chi connectivity index (χ1v) is 8.58. The fourth-order valence-electron chi connectivity index (χ4n) is 1.49. The van der Waals surface area contributed by atoms with Crippen molar-refractivity contribution < 1.29 is 16.8 Å². The molecule has 1 aliphatic rings. The van der Waals surface area contributed by atoms with Gasteiger partial charge in [-0.1, -0.05) is 11.6 Å². The Morgan fingerprint density at radius 1 is 1.37 bits per heavy atom. The number of anilines is 1. The quantitative estimate of drug-likeness (QED) is 0.767. The van der Waals surface area contributed by atoms with E-state index in [9.17, 15) is 16.8 Å². The van der Waals surface area contributed by atoms with Crippen LogP contribution >= 0.6 is 23.2 Å². The minimum Gasteiger partial charge on any atom is -0.341 e. The molecule has 1 heterocycles. The van der Waals surface area contributed by atoms with Crippen LogP contribution < -0.4 is 10.5 Å². The topological polar surface area (TPSA) is 119 Å². The minimum absolute atomic E-state index is 0.0218. The molecule has 1 aromatic carbocycles. The van der Waals surface area contributed by atoms with Crippen molar-refractivity contribution >= 4 is 54.8 Å². The molecule has 0 unspecified atom stereocenters. The van der Waals surface area contributed by atoms with Crippen LogP contribution in [0.4, 0.5) is 5.69 Å². The van der Waals surface area contributed by atoms with E-state index in [-0.39, 0.29) is 27.3 Å². The van der Waals surface area contributed by atoms with Gasteiger partial charge >= 0.3 is 0 Å². The number of alkyl halides is 1. The maximum atomic E-state index is 11.9. The minimum atomic E-state index is -4.13. The number of sulfonamides is 2. The average Bonchev–Trinajstić information content (AvgIpc) is 2.25. The zero-order valence-corrected chi connectivity index (χ0v) is 12.2. The van der Waals surface area contributed by atoms with Crippen molar-refractivity contribution in [1.29, 1.82) is 0 Å². The summed E-state index contributed by atoms with van der Waals surface area (Å²) in [5.41, 5.74) is 0.100. The molecule has 19 heavy (non-hydrogen) atoms. The van der Waals surface area contributed by atoms with Gasteiger partial charge in [0.05, 0.1) is 16.6 Å². The Morgan fingerprint density at radius 3 is 2.53 bits per heavy atom. The van der Waals surface area contributed by atoms with Crippen molar-refractivity contribution in [3.63, 3.8) is 0 Å². The molecule has 11 heteroatoms. The molecule has 0 atom stereocenters. The van der Waals surface area contributed by atoms with Gasteiger partial charge in [0.25, 0.3) is 10.0 Å². The predicted octanol–water partition coefficient (Wildman–Crippen LogP) is 0.739. The number of fused-ring (bicyclic) bond motifs is 1. The molecule has 0 saturated carbocycles. The van der Waals surface area contributed by atoms with Gasteiger partial charge in [0.15, 0.2) is 0 Å². The van der Waals surface area contributed by atoms with Gasteiger partial charge in [-0.05, 0) is 12.1 Å². The van der Waals surface area contributed by atoms with Gasteiger partial charge in [-0.15, -0.1) is 16.0 Å². The molecule has 1 aliphatic heterocycles. The van der Waals surface area contributed by atoms with Crippen LogP contribution in [-0.2, 0) is 20.0 Å².